The average molecular weight is 409 g/mol. The largest absolute Gasteiger partial charge is 0.384 e. The number of anilines is 1. The summed E-state index contributed by atoms with van der Waals surface area (Å²) in [6.07, 6.45) is 1.36. The molecule has 0 saturated carbocycles. The molecule has 1 fully saturated rings. The number of rotatable bonds is 11. The minimum Gasteiger partial charge on any atom is -0.384 e. The Morgan fingerprint density at radius 1 is 1.29 bits per heavy atom. The molecule has 0 aliphatic carbocycles. The Labute approximate surface area is 167 Å². The van der Waals surface area contributed by atoms with Gasteiger partial charge in [0, 0.05) is 45.0 Å². The van der Waals surface area contributed by atoms with Crippen LogP contribution in [0.15, 0.2) is 29.2 Å². The number of ether oxygens (including phenoxy) is 2. The Kier molecular flexibility index (Phi) is 9.40. The molecule has 1 aromatic rings. The summed E-state index contributed by atoms with van der Waals surface area (Å²) in [5.41, 5.74) is 1.59. The van der Waals surface area contributed by atoms with Crippen LogP contribution in [0.1, 0.15) is 12.5 Å². The van der Waals surface area contributed by atoms with Gasteiger partial charge in [-0.2, -0.15) is 5.26 Å². The van der Waals surface area contributed by atoms with Crippen LogP contribution in [-0.2, 0) is 19.5 Å². The van der Waals surface area contributed by atoms with Crippen LogP contribution in [0.2, 0.25) is 0 Å². The lowest BCUT2D eigenvalue weighted by Gasteiger charge is -2.26. The maximum Gasteiger partial charge on any atom is 0.250 e. The van der Waals surface area contributed by atoms with Crippen LogP contribution in [0.25, 0.3) is 6.08 Å². The van der Waals surface area contributed by atoms with Gasteiger partial charge in [-0.3, -0.25) is 4.90 Å². The molecule has 0 atom stereocenters. The molecule has 0 aromatic heterocycles. The highest BCUT2D eigenvalue weighted by Crippen LogP contribution is 2.14. The van der Waals surface area contributed by atoms with E-state index < -0.39 is 10.0 Å². The molecule has 0 amide bonds. The van der Waals surface area contributed by atoms with Crippen molar-refractivity contribution < 1.29 is 17.9 Å². The van der Waals surface area contributed by atoms with Gasteiger partial charge in [-0.25, -0.2) is 13.1 Å². The second-order valence-electron chi connectivity index (χ2n) is 6.22. The smallest absolute Gasteiger partial charge is 0.250 e. The summed E-state index contributed by atoms with van der Waals surface area (Å²) < 4.78 is 37.2. The summed E-state index contributed by atoms with van der Waals surface area (Å²) in [5.74, 6) is 0. The predicted octanol–water partition coefficient (Wildman–Crippen LogP) is 1.25. The van der Waals surface area contributed by atoms with E-state index >= 15 is 0 Å². The Morgan fingerprint density at radius 3 is 2.64 bits per heavy atom. The minimum atomic E-state index is -3.85. The number of allylic oxidation sites excluding steroid dienone is 1. The molecule has 1 saturated heterocycles. The Bertz CT molecular complexity index is 766. The fourth-order valence-corrected chi connectivity index (χ4v) is 3.59. The lowest BCUT2D eigenvalue weighted by molar-refractivity contribution is 0.0398. The van der Waals surface area contributed by atoms with Crippen LogP contribution in [0.3, 0.4) is 0 Å². The highest BCUT2D eigenvalue weighted by molar-refractivity contribution is 7.93. The van der Waals surface area contributed by atoms with Gasteiger partial charge in [0.1, 0.15) is 6.07 Å². The molecule has 0 unspecified atom stereocenters. The molecular weight excluding hydrogens is 380 g/mol. The molecular formula is C19H28N4O4S. The van der Waals surface area contributed by atoms with E-state index in [1.807, 2.05) is 19.1 Å². The number of benzene rings is 1. The molecule has 9 heteroatoms. The zero-order chi connectivity index (χ0) is 20.2. The molecule has 1 aliphatic rings. The average Bonchev–Trinajstić information content (AvgIpc) is 2.71. The van der Waals surface area contributed by atoms with Crippen LogP contribution >= 0.6 is 0 Å². The third kappa shape index (κ3) is 7.58. The summed E-state index contributed by atoms with van der Waals surface area (Å²) in [5, 5.41) is 12.6. The van der Waals surface area contributed by atoms with Crippen molar-refractivity contribution in [2.75, 3.05) is 64.5 Å². The number of nitriles is 1. The Balaban J connectivity index is 1.88. The fraction of sp³-hybridized carbons (Fsp3) is 0.526. The Morgan fingerprint density at radius 2 is 2.00 bits per heavy atom. The lowest BCUT2D eigenvalue weighted by atomic mass is 10.2. The van der Waals surface area contributed by atoms with Crippen LogP contribution in [0, 0.1) is 11.3 Å². The lowest BCUT2D eigenvalue weighted by Crippen LogP contribution is -2.38. The van der Waals surface area contributed by atoms with Crippen LogP contribution in [0.5, 0.6) is 0 Å². The van der Waals surface area contributed by atoms with Crippen LogP contribution < -0.4 is 10.0 Å². The van der Waals surface area contributed by atoms with E-state index in [1.54, 1.807) is 18.2 Å². The van der Waals surface area contributed by atoms with Gasteiger partial charge in [0.15, 0.2) is 4.91 Å². The first-order chi connectivity index (χ1) is 13.5. The maximum absolute atomic E-state index is 12.2. The van der Waals surface area contributed by atoms with E-state index in [-0.39, 0.29) is 18.1 Å². The molecule has 8 nitrogen and oxygen atoms in total. The first kappa shape index (κ1) is 22.3. The van der Waals surface area contributed by atoms with Crippen molar-refractivity contribution in [3.05, 3.63) is 34.7 Å². The maximum atomic E-state index is 12.2. The van der Waals surface area contributed by atoms with Crippen molar-refractivity contribution in [1.82, 2.24) is 9.62 Å². The summed E-state index contributed by atoms with van der Waals surface area (Å²) >= 11 is 0. The number of sulfonamides is 1. The van der Waals surface area contributed by atoms with E-state index in [4.69, 9.17) is 9.47 Å². The third-order valence-electron chi connectivity index (χ3n) is 4.21. The normalized spacial score (nSPS) is 15.9. The van der Waals surface area contributed by atoms with Crippen molar-refractivity contribution in [3.63, 3.8) is 0 Å². The van der Waals surface area contributed by atoms with Crippen LogP contribution in [-0.4, -0.2) is 72.5 Å². The monoisotopic (exact) mass is 408 g/mol. The first-order valence-corrected chi connectivity index (χ1v) is 10.9. The number of nitrogens with one attached hydrogen (secondary N) is 2. The van der Waals surface area contributed by atoms with Crippen molar-refractivity contribution >= 4 is 21.8 Å². The molecule has 2 rings (SSSR count). The highest BCUT2D eigenvalue weighted by atomic mass is 32.2. The van der Waals surface area contributed by atoms with Gasteiger partial charge in [-0.15, -0.1) is 0 Å². The predicted molar refractivity (Wildman–Crippen MR) is 109 cm³/mol. The summed E-state index contributed by atoms with van der Waals surface area (Å²) in [4.78, 5) is 2.02. The van der Waals surface area contributed by atoms with Crippen LogP contribution in [0.4, 0.5) is 5.69 Å². The number of morpholine rings is 1. The summed E-state index contributed by atoms with van der Waals surface area (Å²) in [6.45, 7) is 7.96. The number of hydrogen-bond acceptors (Lipinski definition) is 7. The van der Waals surface area contributed by atoms with E-state index in [0.717, 1.165) is 45.1 Å². The van der Waals surface area contributed by atoms with Gasteiger partial charge >= 0.3 is 0 Å². The second-order valence-corrected chi connectivity index (χ2v) is 7.95. The van der Waals surface area contributed by atoms with Gasteiger partial charge in [0.2, 0.25) is 0 Å². The van der Waals surface area contributed by atoms with Gasteiger partial charge < -0.3 is 14.8 Å². The van der Waals surface area contributed by atoms with Crippen molar-refractivity contribution in [2.45, 2.75) is 6.92 Å². The topological polar surface area (TPSA) is 104 Å². The molecule has 1 heterocycles. The molecule has 154 valence electrons. The van der Waals surface area contributed by atoms with Gasteiger partial charge in [0.05, 0.1) is 19.8 Å². The molecule has 1 aromatic carbocycles. The van der Waals surface area contributed by atoms with E-state index in [0.29, 0.717) is 12.2 Å². The zero-order valence-electron chi connectivity index (χ0n) is 16.2. The van der Waals surface area contributed by atoms with E-state index in [2.05, 4.69) is 14.9 Å². The van der Waals surface area contributed by atoms with E-state index in [1.165, 1.54) is 6.08 Å². The van der Waals surface area contributed by atoms with Gasteiger partial charge in [-0.05, 0) is 30.7 Å². The second kappa shape index (κ2) is 11.8. The molecule has 28 heavy (non-hydrogen) atoms. The molecule has 0 radical (unpaired) electrons. The minimum absolute atomic E-state index is 0.126. The van der Waals surface area contributed by atoms with Crippen molar-refractivity contribution in [2.24, 2.45) is 0 Å². The molecule has 2 N–H and O–H groups in total. The van der Waals surface area contributed by atoms with Gasteiger partial charge in [0.25, 0.3) is 10.0 Å². The van der Waals surface area contributed by atoms with Gasteiger partial charge in [-0.1, -0.05) is 12.1 Å². The molecule has 0 spiro atoms. The first-order valence-electron chi connectivity index (χ1n) is 9.38. The summed E-state index contributed by atoms with van der Waals surface area (Å²) in [6, 6.07) is 9.06. The molecule has 1 aliphatic heterocycles. The SMILES string of the molecule is CCOCCNS(=O)(=O)/C(C#N)=C/c1ccc(NCCN2CCOCC2)cc1. The third-order valence-corrected chi connectivity index (χ3v) is 5.58. The highest BCUT2D eigenvalue weighted by Gasteiger charge is 2.16. The standard InChI is InChI=1S/C19H28N4O4S/c1-2-26-12-8-22-28(24,25)19(16-20)15-17-3-5-18(6-4-17)21-7-9-23-10-13-27-14-11-23/h3-6,15,21-22H,2,7-14H2,1H3/b19-15+. The van der Waals surface area contributed by atoms with Crippen molar-refractivity contribution in [3.8, 4) is 6.07 Å². The number of hydrogen-bond donors (Lipinski definition) is 2. The number of nitrogens with zero attached hydrogens (tertiary/aromatic N) is 2. The fourth-order valence-electron chi connectivity index (χ4n) is 2.67. The summed E-state index contributed by atoms with van der Waals surface area (Å²) in [7, 11) is -3.85. The Hall–Kier alpha value is -1.96. The quantitative estimate of drug-likeness (QED) is 0.419. The van der Waals surface area contributed by atoms with Crippen molar-refractivity contribution in [1.29, 1.82) is 5.26 Å². The zero-order valence-corrected chi connectivity index (χ0v) is 17.0. The molecule has 0 bridgehead atoms. The van der Waals surface area contributed by atoms with E-state index in [9.17, 15) is 13.7 Å².